The van der Waals surface area contributed by atoms with Crippen LogP contribution in [0.15, 0.2) is 36.4 Å². The molecule has 0 aliphatic carbocycles. The van der Waals surface area contributed by atoms with Crippen molar-refractivity contribution < 1.29 is 14.3 Å². The smallest absolute Gasteiger partial charge is 0.328 e. The van der Waals surface area contributed by atoms with Gasteiger partial charge in [-0.25, -0.2) is 9.18 Å². The van der Waals surface area contributed by atoms with E-state index in [1.807, 2.05) is 19.1 Å². The fraction of sp³-hybridized carbons (Fsp3) is 0.0714. The van der Waals surface area contributed by atoms with E-state index in [1.165, 1.54) is 23.5 Å². The number of aliphatic carboxylic acids is 1. The molecular weight excluding hydrogens is 251 g/mol. The molecule has 2 rings (SSSR count). The standard InChI is InChI=1S/C14H11FO2S/c1-9-8-10(15)2-5-12(9)13-6-3-11(18-13)4-7-14(16)17/h2-8H,1H3,(H,16,17)/b7-4+. The van der Waals surface area contributed by atoms with Crippen molar-refractivity contribution in [2.45, 2.75) is 6.92 Å². The quantitative estimate of drug-likeness (QED) is 0.850. The molecule has 2 aromatic rings. The lowest BCUT2D eigenvalue weighted by atomic mass is 10.1. The summed E-state index contributed by atoms with van der Waals surface area (Å²) in [5.41, 5.74) is 1.84. The van der Waals surface area contributed by atoms with E-state index in [2.05, 4.69) is 0 Å². The number of benzene rings is 1. The molecule has 92 valence electrons. The molecule has 0 fully saturated rings. The molecule has 0 spiro atoms. The van der Waals surface area contributed by atoms with Gasteiger partial charge in [-0.1, -0.05) is 6.07 Å². The molecule has 1 heterocycles. The van der Waals surface area contributed by atoms with Crippen LogP contribution >= 0.6 is 11.3 Å². The van der Waals surface area contributed by atoms with E-state index in [-0.39, 0.29) is 5.82 Å². The Kier molecular flexibility index (Phi) is 3.58. The van der Waals surface area contributed by atoms with Gasteiger partial charge in [-0.3, -0.25) is 0 Å². The van der Waals surface area contributed by atoms with Crippen LogP contribution in [0.4, 0.5) is 4.39 Å². The van der Waals surface area contributed by atoms with E-state index in [1.54, 1.807) is 12.1 Å². The Hall–Kier alpha value is -1.94. The van der Waals surface area contributed by atoms with Gasteiger partial charge in [0, 0.05) is 15.8 Å². The summed E-state index contributed by atoms with van der Waals surface area (Å²) in [6.07, 6.45) is 2.66. The molecule has 0 aliphatic rings. The van der Waals surface area contributed by atoms with Crippen LogP contribution in [0.25, 0.3) is 16.5 Å². The van der Waals surface area contributed by atoms with Crippen LogP contribution in [0.3, 0.4) is 0 Å². The molecule has 0 bridgehead atoms. The summed E-state index contributed by atoms with van der Waals surface area (Å²) in [7, 11) is 0. The number of halogens is 1. The molecular formula is C14H11FO2S. The Bertz CT molecular complexity index is 614. The molecule has 1 aromatic carbocycles. The lowest BCUT2D eigenvalue weighted by Crippen LogP contribution is -1.84. The third kappa shape index (κ3) is 2.84. The number of carboxylic acids is 1. The minimum absolute atomic E-state index is 0.251. The number of hydrogen-bond acceptors (Lipinski definition) is 2. The average molecular weight is 262 g/mol. The van der Waals surface area contributed by atoms with Gasteiger partial charge < -0.3 is 5.11 Å². The Morgan fingerprint density at radius 2 is 2.11 bits per heavy atom. The van der Waals surface area contributed by atoms with E-state index in [0.717, 1.165) is 27.0 Å². The van der Waals surface area contributed by atoms with Crippen molar-refractivity contribution in [3.63, 3.8) is 0 Å². The highest BCUT2D eigenvalue weighted by molar-refractivity contribution is 7.16. The average Bonchev–Trinajstić information content (AvgIpc) is 2.75. The van der Waals surface area contributed by atoms with Crippen molar-refractivity contribution in [1.29, 1.82) is 0 Å². The molecule has 0 atom stereocenters. The first-order valence-corrected chi connectivity index (χ1v) is 6.15. The maximum absolute atomic E-state index is 13.0. The predicted molar refractivity (Wildman–Crippen MR) is 71.1 cm³/mol. The molecule has 0 saturated heterocycles. The van der Waals surface area contributed by atoms with Gasteiger partial charge in [0.05, 0.1) is 0 Å². The van der Waals surface area contributed by atoms with Crippen LogP contribution in [0.1, 0.15) is 10.4 Å². The summed E-state index contributed by atoms with van der Waals surface area (Å²) in [6, 6.07) is 8.41. The van der Waals surface area contributed by atoms with Gasteiger partial charge in [0.25, 0.3) is 0 Å². The van der Waals surface area contributed by atoms with Gasteiger partial charge >= 0.3 is 5.97 Å². The molecule has 0 saturated carbocycles. The van der Waals surface area contributed by atoms with E-state index in [0.29, 0.717) is 0 Å². The maximum atomic E-state index is 13.0. The largest absolute Gasteiger partial charge is 0.478 e. The summed E-state index contributed by atoms with van der Waals surface area (Å²) >= 11 is 1.48. The number of rotatable bonds is 3. The summed E-state index contributed by atoms with van der Waals surface area (Å²) in [5.74, 6) is -1.22. The summed E-state index contributed by atoms with van der Waals surface area (Å²) in [5, 5.41) is 8.55. The van der Waals surface area contributed by atoms with Gasteiger partial charge in [0.15, 0.2) is 0 Å². The summed E-state index contributed by atoms with van der Waals surface area (Å²) in [6.45, 7) is 1.85. The normalized spacial score (nSPS) is 11.0. The fourth-order valence-electron chi connectivity index (χ4n) is 1.64. The molecule has 1 aromatic heterocycles. The van der Waals surface area contributed by atoms with Crippen LogP contribution in [-0.2, 0) is 4.79 Å². The van der Waals surface area contributed by atoms with Crippen LogP contribution in [0.2, 0.25) is 0 Å². The van der Waals surface area contributed by atoms with Gasteiger partial charge in [-0.05, 0) is 48.4 Å². The molecule has 1 N–H and O–H groups in total. The van der Waals surface area contributed by atoms with E-state index < -0.39 is 5.97 Å². The van der Waals surface area contributed by atoms with Crippen molar-refractivity contribution in [3.05, 3.63) is 52.7 Å². The molecule has 0 unspecified atom stereocenters. The van der Waals surface area contributed by atoms with Gasteiger partial charge in [0.2, 0.25) is 0 Å². The summed E-state index contributed by atoms with van der Waals surface area (Å²) < 4.78 is 13.0. The van der Waals surface area contributed by atoms with Crippen LogP contribution < -0.4 is 0 Å². The number of thiophene rings is 1. The molecule has 4 heteroatoms. The van der Waals surface area contributed by atoms with Crippen molar-refractivity contribution in [2.24, 2.45) is 0 Å². The van der Waals surface area contributed by atoms with Crippen LogP contribution in [0.5, 0.6) is 0 Å². The molecule has 0 aliphatic heterocycles. The second-order valence-electron chi connectivity index (χ2n) is 3.83. The number of carbonyl (C=O) groups is 1. The first-order chi connectivity index (χ1) is 8.56. The minimum atomic E-state index is -0.970. The Morgan fingerprint density at radius 1 is 1.33 bits per heavy atom. The van der Waals surface area contributed by atoms with Crippen LogP contribution in [0, 0.1) is 12.7 Å². The van der Waals surface area contributed by atoms with Crippen molar-refractivity contribution >= 4 is 23.4 Å². The lowest BCUT2D eigenvalue weighted by molar-refractivity contribution is -0.131. The number of carboxylic acid groups (broad SMARTS) is 1. The third-order valence-electron chi connectivity index (χ3n) is 2.47. The monoisotopic (exact) mass is 262 g/mol. The third-order valence-corrected chi connectivity index (χ3v) is 3.55. The van der Waals surface area contributed by atoms with E-state index >= 15 is 0 Å². The van der Waals surface area contributed by atoms with E-state index in [9.17, 15) is 9.18 Å². The zero-order valence-electron chi connectivity index (χ0n) is 9.68. The van der Waals surface area contributed by atoms with E-state index in [4.69, 9.17) is 5.11 Å². The highest BCUT2D eigenvalue weighted by atomic mass is 32.1. The highest BCUT2D eigenvalue weighted by Gasteiger charge is 2.05. The molecule has 18 heavy (non-hydrogen) atoms. The first-order valence-electron chi connectivity index (χ1n) is 5.33. The lowest BCUT2D eigenvalue weighted by Gasteiger charge is -2.02. The first kappa shape index (κ1) is 12.5. The number of hydrogen-bond donors (Lipinski definition) is 1. The fourth-order valence-corrected chi connectivity index (χ4v) is 2.65. The SMILES string of the molecule is Cc1cc(F)ccc1-c1ccc(/C=C/C(=O)O)s1. The molecule has 0 radical (unpaired) electrons. The van der Waals surface area contributed by atoms with Crippen LogP contribution in [-0.4, -0.2) is 11.1 Å². The predicted octanol–water partition coefficient (Wildman–Crippen LogP) is 3.96. The molecule has 0 amide bonds. The zero-order valence-corrected chi connectivity index (χ0v) is 10.5. The Balaban J connectivity index is 2.32. The topological polar surface area (TPSA) is 37.3 Å². The Labute approximate surface area is 108 Å². The second kappa shape index (κ2) is 5.14. The molecule has 2 nitrogen and oxygen atoms in total. The van der Waals surface area contributed by atoms with Crippen molar-refractivity contribution in [1.82, 2.24) is 0 Å². The highest BCUT2D eigenvalue weighted by Crippen LogP contribution is 2.31. The minimum Gasteiger partial charge on any atom is -0.478 e. The van der Waals surface area contributed by atoms with Gasteiger partial charge in [-0.15, -0.1) is 11.3 Å². The second-order valence-corrected chi connectivity index (χ2v) is 4.95. The van der Waals surface area contributed by atoms with Gasteiger partial charge in [0.1, 0.15) is 5.82 Å². The maximum Gasteiger partial charge on any atom is 0.328 e. The Morgan fingerprint density at radius 3 is 2.78 bits per heavy atom. The van der Waals surface area contributed by atoms with Gasteiger partial charge in [-0.2, -0.15) is 0 Å². The van der Waals surface area contributed by atoms with Crippen molar-refractivity contribution in [3.8, 4) is 10.4 Å². The number of aryl methyl sites for hydroxylation is 1. The van der Waals surface area contributed by atoms with Crippen molar-refractivity contribution in [2.75, 3.05) is 0 Å². The zero-order chi connectivity index (χ0) is 13.1. The summed E-state index contributed by atoms with van der Waals surface area (Å²) in [4.78, 5) is 12.3.